The van der Waals surface area contributed by atoms with Crippen molar-refractivity contribution in [1.82, 2.24) is 4.90 Å². The van der Waals surface area contributed by atoms with E-state index >= 15 is 0 Å². The number of nitrogens with zero attached hydrogens (tertiary/aromatic N) is 2. The zero-order valence-electron chi connectivity index (χ0n) is 20.6. The molecule has 1 saturated heterocycles. The molecule has 1 fully saturated rings. The normalized spacial score (nSPS) is 14.6. The lowest BCUT2D eigenvalue weighted by Crippen LogP contribution is -2.35. The standard InChI is InChI=1S/C26H30N2O6S/c1-6-33-23-14-18(7-12-22(23)34-16-17(2)3)13-21-25(30)28(19-8-10-20(31-4)11-9-19)26(35)27(21)15-24(29)32-5/h7-14,17H,6,15-16H2,1-5H3/b21-13-. The number of methoxy groups -OCH3 is 2. The molecule has 0 atom stereocenters. The summed E-state index contributed by atoms with van der Waals surface area (Å²) in [4.78, 5) is 28.5. The first-order valence-electron chi connectivity index (χ1n) is 11.3. The Labute approximate surface area is 211 Å². The molecule has 8 nitrogen and oxygen atoms in total. The summed E-state index contributed by atoms with van der Waals surface area (Å²) in [5.41, 5.74) is 1.50. The van der Waals surface area contributed by atoms with Gasteiger partial charge in [0.1, 0.15) is 18.0 Å². The van der Waals surface area contributed by atoms with E-state index in [9.17, 15) is 9.59 Å². The van der Waals surface area contributed by atoms with Crippen molar-refractivity contribution in [1.29, 1.82) is 0 Å². The monoisotopic (exact) mass is 498 g/mol. The van der Waals surface area contributed by atoms with Crippen LogP contribution >= 0.6 is 12.2 Å². The van der Waals surface area contributed by atoms with Crippen molar-refractivity contribution >= 4 is 41.0 Å². The second kappa shape index (κ2) is 11.7. The molecule has 0 bridgehead atoms. The zero-order valence-corrected chi connectivity index (χ0v) is 21.4. The molecule has 1 heterocycles. The molecule has 2 aromatic rings. The Morgan fingerprint density at radius 2 is 1.77 bits per heavy atom. The average Bonchev–Trinajstić information content (AvgIpc) is 3.07. The smallest absolute Gasteiger partial charge is 0.325 e. The number of esters is 1. The number of thiocarbonyl (C=S) groups is 1. The van der Waals surface area contributed by atoms with Gasteiger partial charge < -0.3 is 23.8 Å². The van der Waals surface area contributed by atoms with Crippen LogP contribution in [0.3, 0.4) is 0 Å². The van der Waals surface area contributed by atoms with Gasteiger partial charge >= 0.3 is 5.97 Å². The second-order valence-corrected chi connectivity index (χ2v) is 8.52. The first kappa shape index (κ1) is 26.0. The molecule has 0 spiro atoms. The molecule has 1 amide bonds. The van der Waals surface area contributed by atoms with Gasteiger partial charge in [-0.1, -0.05) is 19.9 Å². The topological polar surface area (TPSA) is 77.5 Å². The van der Waals surface area contributed by atoms with Crippen LogP contribution in [-0.2, 0) is 14.3 Å². The number of hydrogen-bond acceptors (Lipinski definition) is 7. The van der Waals surface area contributed by atoms with Crippen LogP contribution in [0.1, 0.15) is 26.3 Å². The van der Waals surface area contributed by atoms with Crippen LogP contribution < -0.4 is 19.1 Å². The van der Waals surface area contributed by atoms with E-state index in [0.29, 0.717) is 47.6 Å². The fourth-order valence-electron chi connectivity index (χ4n) is 3.40. The number of anilines is 1. The number of amides is 1. The minimum atomic E-state index is -0.518. The lowest BCUT2D eigenvalue weighted by molar-refractivity contribution is -0.140. The third-order valence-electron chi connectivity index (χ3n) is 5.12. The van der Waals surface area contributed by atoms with Crippen LogP contribution in [0.5, 0.6) is 17.2 Å². The second-order valence-electron chi connectivity index (χ2n) is 8.16. The lowest BCUT2D eigenvalue weighted by atomic mass is 10.1. The summed E-state index contributed by atoms with van der Waals surface area (Å²) in [5, 5.41) is 0.179. The maximum absolute atomic E-state index is 13.5. The number of rotatable bonds is 10. The van der Waals surface area contributed by atoms with Gasteiger partial charge in [0.2, 0.25) is 0 Å². The zero-order chi connectivity index (χ0) is 25.5. The Morgan fingerprint density at radius 3 is 2.37 bits per heavy atom. The Kier molecular flexibility index (Phi) is 8.70. The van der Waals surface area contributed by atoms with Gasteiger partial charge in [-0.25, -0.2) is 0 Å². The molecule has 3 rings (SSSR count). The van der Waals surface area contributed by atoms with E-state index in [4.69, 9.17) is 31.2 Å². The highest BCUT2D eigenvalue weighted by atomic mass is 32.1. The minimum Gasteiger partial charge on any atom is -0.497 e. The molecule has 9 heteroatoms. The largest absolute Gasteiger partial charge is 0.497 e. The molecule has 0 radical (unpaired) electrons. The van der Waals surface area contributed by atoms with Crippen molar-refractivity contribution in [2.75, 3.05) is 38.9 Å². The van der Waals surface area contributed by atoms with Gasteiger partial charge in [0, 0.05) is 0 Å². The van der Waals surface area contributed by atoms with Gasteiger partial charge in [-0.3, -0.25) is 14.5 Å². The van der Waals surface area contributed by atoms with Gasteiger partial charge in [-0.2, -0.15) is 0 Å². The van der Waals surface area contributed by atoms with Gasteiger partial charge in [0.05, 0.1) is 33.1 Å². The number of carbonyl (C=O) groups is 2. The molecule has 0 unspecified atom stereocenters. The predicted molar refractivity (Wildman–Crippen MR) is 138 cm³/mol. The van der Waals surface area contributed by atoms with Crippen molar-refractivity contribution in [3.05, 3.63) is 53.7 Å². The summed E-state index contributed by atoms with van der Waals surface area (Å²) in [6.45, 7) is 6.84. The van der Waals surface area contributed by atoms with Gasteiger partial charge in [0.25, 0.3) is 5.91 Å². The van der Waals surface area contributed by atoms with E-state index in [-0.39, 0.29) is 23.3 Å². The Morgan fingerprint density at radius 1 is 1.06 bits per heavy atom. The summed E-state index contributed by atoms with van der Waals surface area (Å²) in [7, 11) is 2.85. The van der Waals surface area contributed by atoms with Gasteiger partial charge in [-0.05, 0) is 73.1 Å². The predicted octanol–water partition coefficient (Wildman–Crippen LogP) is 4.28. The van der Waals surface area contributed by atoms with Crippen LogP contribution in [-0.4, -0.2) is 55.9 Å². The van der Waals surface area contributed by atoms with E-state index in [1.807, 2.05) is 19.1 Å². The highest BCUT2D eigenvalue weighted by Crippen LogP contribution is 2.33. The van der Waals surface area contributed by atoms with Gasteiger partial charge in [-0.15, -0.1) is 0 Å². The van der Waals surface area contributed by atoms with Crippen molar-refractivity contribution in [2.24, 2.45) is 5.92 Å². The van der Waals surface area contributed by atoms with Crippen LogP contribution in [0, 0.1) is 5.92 Å². The van der Waals surface area contributed by atoms with Crippen molar-refractivity contribution < 1.29 is 28.5 Å². The van der Waals surface area contributed by atoms with Crippen LogP contribution in [0.2, 0.25) is 0 Å². The van der Waals surface area contributed by atoms with E-state index in [2.05, 4.69) is 13.8 Å². The highest BCUT2D eigenvalue weighted by molar-refractivity contribution is 7.80. The SMILES string of the molecule is CCOc1cc(/C=C2/C(=O)N(c3ccc(OC)cc3)C(=S)N2CC(=O)OC)ccc1OCC(C)C. The third-order valence-corrected chi connectivity index (χ3v) is 5.53. The lowest BCUT2D eigenvalue weighted by Gasteiger charge is -2.19. The van der Waals surface area contributed by atoms with Crippen molar-refractivity contribution in [3.8, 4) is 17.2 Å². The average molecular weight is 499 g/mol. The van der Waals surface area contributed by atoms with Gasteiger partial charge in [0.15, 0.2) is 16.6 Å². The van der Waals surface area contributed by atoms with E-state index in [1.54, 1.807) is 43.5 Å². The summed E-state index contributed by atoms with van der Waals surface area (Å²) in [5.74, 6) is 1.33. The molecule has 2 aromatic carbocycles. The molecule has 0 saturated carbocycles. The molecule has 35 heavy (non-hydrogen) atoms. The first-order chi connectivity index (χ1) is 16.8. The summed E-state index contributed by atoms with van der Waals surface area (Å²) in [6.07, 6.45) is 1.68. The quantitative estimate of drug-likeness (QED) is 0.273. The fraction of sp³-hybridized carbons (Fsp3) is 0.346. The fourth-order valence-corrected chi connectivity index (χ4v) is 3.75. The number of hydrogen-bond donors (Lipinski definition) is 0. The van der Waals surface area contributed by atoms with E-state index < -0.39 is 5.97 Å². The minimum absolute atomic E-state index is 0.179. The molecule has 0 aromatic heterocycles. The third kappa shape index (κ3) is 6.10. The number of benzene rings is 2. The Hall–Kier alpha value is -3.59. The van der Waals surface area contributed by atoms with Crippen molar-refractivity contribution in [3.63, 3.8) is 0 Å². The maximum Gasteiger partial charge on any atom is 0.325 e. The van der Waals surface area contributed by atoms with E-state index in [1.165, 1.54) is 16.9 Å². The van der Waals surface area contributed by atoms with Crippen LogP contribution in [0.15, 0.2) is 48.2 Å². The summed E-state index contributed by atoms with van der Waals surface area (Å²) >= 11 is 5.60. The number of ether oxygens (including phenoxy) is 4. The molecule has 0 aliphatic carbocycles. The molecule has 1 aliphatic heterocycles. The Balaban J connectivity index is 2.00. The highest BCUT2D eigenvalue weighted by Gasteiger charge is 2.40. The number of carbonyl (C=O) groups excluding carboxylic acids is 2. The first-order valence-corrected chi connectivity index (χ1v) is 11.7. The van der Waals surface area contributed by atoms with Crippen molar-refractivity contribution in [2.45, 2.75) is 20.8 Å². The van der Waals surface area contributed by atoms with Crippen LogP contribution in [0.4, 0.5) is 5.69 Å². The Bertz CT molecular complexity index is 1110. The molecule has 186 valence electrons. The summed E-state index contributed by atoms with van der Waals surface area (Å²) < 4.78 is 21.7. The molecule has 1 aliphatic rings. The maximum atomic E-state index is 13.5. The summed E-state index contributed by atoms with van der Waals surface area (Å²) in [6, 6.07) is 12.4. The molecule has 0 N–H and O–H groups in total. The molecular weight excluding hydrogens is 468 g/mol. The molecular formula is C26H30N2O6S. The van der Waals surface area contributed by atoms with Crippen LogP contribution in [0.25, 0.3) is 6.08 Å². The van der Waals surface area contributed by atoms with E-state index in [0.717, 1.165) is 0 Å².